The van der Waals surface area contributed by atoms with Crippen LogP contribution in [0.2, 0.25) is 0 Å². The summed E-state index contributed by atoms with van der Waals surface area (Å²) in [6, 6.07) is 13.1. The van der Waals surface area contributed by atoms with Crippen molar-refractivity contribution in [3.63, 3.8) is 0 Å². The van der Waals surface area contributed by atoms with E-state index in [2.05, 4.69) is 0 Å². The van der Waals surface area contributed by atoms with Gasteiger partial charge in [-0.05, 0) is 29.8 Å². The summed E-state index contributed by atoms with van der Waals surface area (Å²) in [5, 5.41) is 0. The van der Waals surface area contributed by atoms with Crippen molar-refractivity contribution in [2.75, 3.05) is 20.3 Å². The van der Waals surface area contributed by atoms with Gasteiger partial charge < -0.3 is 18.6 Å². The predicted molar refractivity (Wildman–Crippen MR) is 87.2 cm³/mol. The van der Waals surface area contributed by atoms with Crippen molar-refractivity contribution >= 4 is 11.1 Å². The van der Waals surface area contributed by atoms with E-state index in [-0.39, 0.29) is 6.29 Å². The van der Waals surface area contributed by atoms with Crippen LogP contribution in [0.4, 0.5) is 0 Å². The van der Waals surface area contributed by atoms with Gasteiger partial charge in [-0.3, -0.25) is 4.57 Å². The van der Waals surface area contributed by atoms with Gasteiger partial charge in [-0.2, -0.15) is 0 Å². The molecule has 0 spiro atoms. The van der Waals surface area contributed by atoms with Crippen LogP contribution in [-0.4, -0.2) is 24.9 Å². The second-order valence-electron chi connectivity index (χ2n) is 5.61. The van der Waals surface area contributed by atoms with Crippen molar-refractivity contribution in [1.82, 2.24) is 4.57 Å². The number of ether oxygens (including phenoxy) is 3. The Balaban J connectivity index is 1.74. The van der Waals surface area contributed by atoms with Crippen molar-refractivity contribution in [2.45, 2.75) is 12.8 Å². The van der Waals surface area contributed by atoms with Crippen molar-refractivity contribution in [2.24, 2.45) is 0 Å². The molecule has 24 heavy (non-hydrogen) atoms. The maximum absolute atomic E-state index is 12.2. The van der Waals surface area contributed by atoms with E-state index >= 15 is 0 Å². The minimum absolute atomic E-state index is 0.385. The van der Waals surface area contributed by atoms with Gasteiger partial charge in [0, 0.05) is 5.56 Å². The van der Waals surface area contributed by atoms with Crippen LogP contribution in [0.1, 0.15) is 17.4 Å². The second kappa shape index (κ2) is 6.14. The lowest BCUT2D eigenvalue weighted by Crippen LogP contribution is -2.15. The Kier molecular flexibility index (Phi) is 3.84. The average Bonchev–Trinajstić information content (AvgIpc) is 3.24. The molecule has 0 saturated carbocycles. The monoisotopic (exact) mass is 327 g/mol. The molecule has 1 aliphatic rings. The van der Waals surface area contributed by atoms with Crippen LogP contribution < -0.4 is 10.5 Å². The number of hydrogen-bond acceptors (Lipinski definition) is 5. The molecule has 1 saturated heterocycles. The molecule has 0 atom stereocenters. The highest BCUT2D eigenvalue weighted by Gasteiger charge is 2.20. The molecule has 1 fully saturated rings. The second-order valence-corrected chi connectivity index (χ2v) is 5.61. The molecule has 0 N–H and O–H groups in total. The highest BCUT2D eigenvalue weighted by Crippen LogP contribution is 2.26. The molecule has 1 aromatic heterocycles. The zero-order chi connectivity index (χ0) is 16.5. The van der Waals surface area contributed by atoms with E-state index in [4.69, 9.17) is 18.6 Å². The number of fused-ring (bicyclic) bond motifs is 1. The largest absolute Gasteiger partial charge is 0.497 e. The highest BCUT2D eigenvalue weighted by atomic mass is 16.7. The third kappa shape index (κ3) is 2.70. The van der Waals surface area contributed by atoms with Crippen LogP contribution in [0.25, 0.3) is 11.1 Å². The first-order valence-electron chi connectivity index (χ1n) is 7.74. The fourth-order valence-corrected chi connectivity index (χ4v) is 2.88. The molecule has 0 radical (unpaired) electrons. The molecule has 2 heterocycles. The number of rotatable bonds is 4. The average molecular weight is 327 g/mol. The first-order chi connectivity index (χ1) is 11.7. The number of aromatic nitrogens is 1. The summed E-state index contributed by atoms with van der Waals surface area (Å²) in [7, 11) is 1.62. The minimum atomic E-state index is -0.391. The van der Waals surface area contributed by atoms with E-state index < -0.39 is 5.76 Å². The SMILES string of the molecule is COc1cccc(Cn2c(=O)oc3ccc(C4OCCO4)cc32)c1. The van der Waals surface area contributed by atoms with Gasteiger partial charge in [0.1, 0.15) is 5.75 Å². The van der Waals surface area contributed by atoms with Crippen LogP contribution in [0.5, 0.6) is 5.75 Å². The lowest BCUT2D eigenvalue weighted by molar-refractivity contribution is -0.0440. The van der Waals surface area contributed by atoms with E-state index in [1.54, 1.807) is 17.7 Å². The Bertz CT molecular complexity index is 921. The zero-order valence-electron chi connectivity index (χ0n) is 13.2. The molecular weight excluding hydrogens is 310 g/mol. The quantitative estimate of drug-likeness (QED) is 0.737. The molecule has 2 aromatic carbocycles. The fraction of sp³-hybridized carbons (Fsp3) is 0.278. The summed E-state index contributed by atoms with van der Waals surface area (Å²) in [6.07, 6.45) is -0.385. The highest BCUT2D eigenvalue weighted by molar-refractivity contribution is 5.74. The summed E-state index contributed by atoms with van der Waals surface area (Å²) in [5.74, 6) is 0.361. The predicted octanol–water partition coefficient (Wildman–Crippen LogP) is 2.70. The van der Waals surface area contributed by atoms with Gasteiger partial charge >= 0.3 is 5.76 Å². The van der Waals surface area contributed by atoms with Gasteiger partial charge in [0.15, 0.2) is 11.9 Å². The van der Waals surface area contributed by atoms with E-state index in [0.29, 0.717) is 25.3 Å². The molecule has 1 aliphatic heterocycles. The van der Waals surface area contributed by atoms with E-state index in [0.717, 1.165) is 22.4 Å². The normalized spacial score (nSPS) is 15.2. The van der Waals surface area contributed by atoms with Gasteiger partial charge in [0.25, 0.3) is 0 Å². The zero-order valence-corrected chi connectivity index (χ0v) is 13.2. The van der Waals surface area contributed by atoms with E-state index in [1.807, 2.05) is 36.4 Å². The van der Waals surface area contributed by atoms with Crippen molar-refractivity contribution < 1.29 is 18.6 Å². The Hall–Kier alpha value is -2.57. The molecule has 0 amide bonds. The van der Waals surface area contributed by atoms with Crippen molar-refractivity contribution in [3.8, 4) is 5.75 Å². The lowest BCUT2D eigenvalue weighted by Gasteiger charge is -2.10. The molecule has 0 aliphatic carbocycles. The maximum Gasteiger partial charge on any atom is 0.420 e. The van der Waals surface area contributed by atoms with Crippen LogP contribution >= 0.6 is 0 Å². The van der Waals surface area contributed by atoms with Crippen molar-refractivity contribution in [3.05, 3.63) is 64.1 Å². The summed E-state index contributed by atoms with van der Waals surface area (Å²) in [5.41, 5.74) is 3.10. The molecule has 3 aromatic rings. The van der Waals surface area contributed by atoms with E-state index in [9.17, 15) is 4.79 Å². The van der Waals surface area contributed by atoms with Crippen LogP contribution in [0.3, 0.4) is 0 Å². The molecule has 124 valence electrons. The third-order valence-corrected chi connectivity index (χ3v) is 4.06. The molecule has 6 nitrogen and oxygen atoms in total. The number of hydrogen-bond donors (Lipinski definition) is 0. The van der Waals surface area contributed by atoms with E-state index in [1.165, 1.54) is 0 Å². The fourth-order valence-electron chi connectivity index (χ4n) is 2.88. The number of nitrogens with zero attached hydrogens (tertiary/aromatic N) is 1. The van der Waals surface area contributed by atoms with Crippen LogP contribution in [0, 0.1) is 0 Å². The van der Waals surface area contributed by atoms with Gasteiger partial charge in [-0.25, -0.2) is 4.79 Å². The molecular formula is C18H17NO5. The molecule has 6 heteroatoms. The smallest absolute Gasteiger partial charge is 0.420 e. The topological polar surface area (TPSA) is 62.8 Å². The van der Waals surface area contributed by atoms with Crippen LogP contribution in [-0.2, 0) is 16.0 Å². The molecule has 4 rings (SSSR count). The Morgan fingerprint density at radius 2 is 2.00 bits per heavy atom. The maximum atomic E-state index is 12.2. The standard InChI is InChI=1S/C18H17NO5/c1-21-14-4-2-3-12(9-14)11-19-15-10-13(17-22-7-8-23-17)5-6-16(15)24-18(19)20/h2-6,9-10,17H,7-8,11H2,1H3. The summed E-state index contributed by atoms with van der Waals surface area (Å²) in [6.45, 7) is 1.55. The first-order valence-corrected chi connectivity index (χ1v) is 7.74. The minimum Gasteiger partial charge on any atom is -0.497 e. The third-order valence-electron chi connectivity index (χ3n) is 4.06. The molecule has 0 unspecified atom stereocenters. The van der Waals surface area contributed by atoms with Gasteiger partial charge in [0.05, 0.1) is 32.4 Å². The van der Waals surface area contributed by atoms with Gasteiger partial charge in [-0.1, -0.05) is 18.2 Å². The van der Waals surface area contributed by atoms with Gasteiger partial charge in [0.2, 0.25) is 0 Å². The van der Waals surface area contributed by atoms with Crippen LogP contribution in [0.15, 0.2) is 51.7 Å². The number of oxazole rings is 1. The van der Waals surface area contributed by atoms with Gasteiger partial charge in [-0.15, -0.1) is 0 Å². The Morgan fingerprint density at radius 1 is 1.17 bits per heavy atom. The Labute approximate surface area is 138 Å². The number of methoxy groups -OCH3 is 1. The van der Waals surface area contributed by atoms with Crippen molar-refractivity contribution in [1.29, 1.82) is 0 Å². The Morgan fingerprint density at radius 3 is 2.79 bits per heavy atom. The summed E-state index contributed by atoms with van der Waals surface area (Å²) >= 11 is 0. The lowest BCUT2D eigenvalue weighted by atomic mass is 10.2. The summed E-state index contributed by atoms with van der Waals surface area (Å²) < 4.78 is 23.2. The molecule has 0 bridgehead atoms. The summed E-state index contributed by atoms with van der Waals surface area (Å²) in [4.78, 5) is 12.2. The first kappa shape index (κ1) is 15.0. The number of benzene rings is 2.